The first-order chi connectivity index (χ1) is 15.0. The third kappa shape index (κ3) is 3.75. The quantitative estimate of drug-likeness (QED) is 0.696. The Morgan fingerprint density at radius 1 is 1.16 bits per heavy atom. The van der Waals surface area contributed by atoms with Crippen molar-refractivity contribution in [3.05, 3.63) is 77.7 Å². The summed E-state index contributed by atoms with van der Waals surface area (Å²) in [6, 6.07) is 15.3. The van der Waals surface area contributed by atoms with Gasteiger partial charge in [-0.2, -0.15) is 0 Å². The van der Waals surface area contributed by atoms with E-state index in [4.69, 9.17) is 9.47 Å². The third-order valence-corrected chi connectivity index (χ3v) is 6.16. The van der Waals surface area contributed by atoms with Gasteiger partial charge < -0.3 is 14.6 Å². The minimum atomic E-state index is -1.40. The summed E-state index contributed by atoms with van der Waals surface area (Å²) in [4.78, 5) is 18.7. The number of halogens is 1. The fraction of sp³-hybridized carbons (Fsp3) is 0.333. The van der Waals surface area contributed by atoms with Crippen LogP contribution in [0, 0.1) is 5.82 Å². The Bertz CT molecular complexity index is 1090. The summed E-state index contributed by atoms with van der Waals surface area (Å²) in [5.74, 6) is -0.493. The minimum absolute atomic E-state index is 0.173. The minimum Gasteiger partial charge on any atom is -0.445 e. The molecule has 1 N–H and O–H groups in total. The molecule has 3 aromatic rings. The number of hydrogen-bond donors (Lipinski definition) is 1. The zero-order valence-electron chi connectivity index (χ0n) is 16.9. The van der Waals surface area contributed by atoms with Crippen molar-refractivity contribution in [2.75, 3.05) is 13.2 Å². The van der Waals surface area contributed by atoms with Crippen LogP contribution in [-0.2, 0) is 21.7 Å². The molecule has 5 rings (SSSR count). The highest BCUT2D eigenvalue weighted by atomic mass is 19.1. The van der Waals surface area contributed by atoms with Gasteiger partial charge in [-0.25, -0.2) is 9.18 Å². The maximum atomic E-state index is 15.0. The second kappa shape index (κ2) is 7.90. The molecule has 2 aliphatic rings. The van der Waals surface area contributed by atoms with Gasteiger partial charge in [-0.3, -0.25) is 9.88 Å². The van der Waals surface area contributed by atoms with E-state index in [0.717, 1.165) is 10.9 Å². The van der Waals surface area contributed by atoms with E-state index in [-0.39, 0.29) is 38.2 Å². The van der Waals surface area contributed by atoms with Gasteiger partial charge in [0.05, 0.1) is 36.4 Å². The van der Waals surface area contributed by atoms with Crippen molar-refractivity contribution in [1.82, 2.24) is 9.88 Å². The summed E-state index contributed by atoms with van der Waals surface area (Å²) in [5.41, 5.74) is 0.279. The second-order valence-electron chi connectivity index (χ2n) is 8.26. The van der Waals surface area contributed by atoms with Crippen molar-refractivity contribution in [1.29, 1.82) is 0 Å². The number of amides is 1. The van der Waals surface area contributed by atoms with Crippen LogP contribution in [0.4, 0.5) is 9.18 Å². The Morgan fingerprint density at radius 2 is 1.90 bits per heavy atom. The van der Waals surface area contributed by atoms with Gasteiger partial charge in [-0.05, 0) is 17.7 Å². The highest BCUT2D eigenvalue weighted by Crippen LogP contribution is 2.43. The number of benzene rings is 2. The maximum absolute atomic E-state index is 15.0. The second-order valence-corrected chi connectivity index (χ2v) is 8.26. The molecule has 0 saturated carbocycles. The molecule has 6 nitrogen and oxygen atoms in total. The molecule has 1 amide bonds. The number of morpholine rings is 1. The predicted octanol–water partition coefficient (Wildman–Crippen LogP) is 3.76. The fourth-order valence-electron chi connectivity index (χ4n) is 4.74. The molecule has 31 heavy (non-hydrogen) atoms. The van der Waals surface area contributed by atoms with E-state index in [2.05, 4.69) is 4.98 Å². The van der Waals surface area contributed by atoms with Crippen molar-refractivity contribution in [2.24, 2.45) is 0 Å². The number of aromatic nitrogens is 1. The monoisotopic (exact) mass is 422 g/mol. The van der Waals surface area contributed by atoms with E-state index in [1.807, 2.05) is 36.4 Å². The molecule has 1 aromatic heterocycles. The van der Waals surface area contributed by atoms with Crippen molar-refractivity contribution >= 4 is 17.0 Å². The first-order valence-corrected chi connectivity index (χ1v) is 10.4. The number of hydrogen-bond acceptors (Lipinski definition) is 5. The average molecular weight is 422 g/mol. The summed E-state index contributed by atoms with van der Waals surface area (Å²) in [6.07, 6.45) is 1.52. The van der Waals surface area contributed by atoms with Crippen LogP contribution in [0.5, 0.6) is 0 Å². The molecule has 160 valence electrons. The SMILES string of the molecule is O=C(OCc1ccccc1)N1C2COCC1CC(O)(c1cc3cccnc3cc1F)C2. The van der Waals surface area contributed by atoms with Gasteiger partial charge in [-0.1, -0.05) is 36.4 Å². The number of piperidine rings is 1. The predicted molar refractivity (Wildman–Crippen MR) is 112 cm³/mol. The Kier molecular flexibility index (Phi) is 5.08. The van der Waals surface area contributed by atoms with E-state index < -0.39 is 29.6 Å². The van der Waals surface area contributed by atoms with Crippen LogP contribution < -0.4 is 0 Å². The lowest BCUT2D eigenvalue weighted by molar-refractivity contribution is -0.137. The van der Waals surface area contributed by atoms with Crippen LogP contribution in [0.1, 0.15) is 24.0 Å². The lowest BCUT2D eigenvalue weighted by atomic mass is 9.76. The molecular weight excluding hydrogens is 399 g/mol. The average Bonchev–Trinajstić information content (AvgIpc) is 2.77. The molecule has 2 saturated heterocycles. The lowest BCUT2D eigenvalue weighted by Gasteiger charge is -2.51. The number of fused-ring (bicyclic) bond motifs is 3. The van der Waals surface area contributed by atoms with Gasteiger partial charge in [0.1, 0.15) is 12.4 Å². The molecule has 2 bridgehead atoms. The van der Waals surface area contributed by atoms with Gasteiger partial charge in [-0.15, -0.1) is 0 Å². The van der Waals surface area contributed by atoms with Gasteiger partial charge in [0.2, 0.25) is 0 Å². The summed E-state index contributed by atoms with van der Waals surface area (Å²) in [6.45, 7) is 0.721. The Labute approximate surface area is 179 Å². The van der Waals surface area contributed by atoms with Crippen LogP contribution >= 0.6 is 0 Å². The standard InChI is InChI=1S/C24H23FN2O4/c25-21-10-22-17(7-4-8-26-22)9-20(21)24(29)11-18-14-30-15-19(12-24)27(18)23(28)31-13-16-5-2-1-3-6-16/h1-10,18-19,29H,11-15H2. The molecule has 2 unspecified atom stereocenters. The zero-order valence-corrected chi connectivity index (χ0v) is 16.9. The van der Waals surface area contributed by atoms with Gasteiger partial charge in [0, 0.05) is 36.1 Å². The summed E-state index contributed by atoms with van der Waals surface area (Å²) in [7, 11) is 0. The van der Waals surface area contributed by atoms with E-state index in [9.17, 15) is 14.3 Å². The topological polar surface area (TPSA) is 71.9 Å². The maximum Gasteiger partial charge on any atom is 0.410 e. The van der Waals surface area contributed by atoms with Crippen molar-refractivity contribution in [3.8, 4) is 0 Å². The van der Waals surface area contributed by atoms with E-state index in [0.29, 0.717) is 5.52 Å². The normalized spacial score (nSPS) is 25.4. The molecule has 2 aliphatic heterocycles. The number of aliphatic hydroxyl groups is 1. The highest BCUT2D eigenvalue weighted by molar-refractivity contribution is 5.79. The molecule has 2 fully saturated rings. The summed E-state index contributed by atoms with van der Waals surface area (Å²) < 4.78 is 26.1. The molecular formula is C24H23FN2O4. The fourth-order valence-corrected chi connectivity index (χ4v) is 4.74. The van der Waals surface area contributed by atoms with E-state index in [1.165, 1.54) is 6.07 Å². The number of pyridine rings is 1. The number of ether oxygens (including phenoxy) is 2. The van der Waals surface area contributed by atoms with Crippen LogP contribution in [0.25, 0.3) is 10.9 Å². The van der Waals surface area contributed by atoms with Crippen LogP contribution in [0.3, 0.4) is 0 Å². The number of carbonyl (C=O) groups excluding carboxylic acids is 1. The van der Waals surface area contributed by atoms with Gasteiger partial charge in [0.25, 0.3) is 0 Å². The van der Waals surface area contributed by atoms with Gasteiger partial charge >= 0.3 is 6.09 Å². The molecule has 7 heteroatoms. The Morgan fingerprint density at radius 3 is 2.65 bits per heavy atom. The Balaban J connectivity index is 1.38. The number of nitrogens with zero attached hydrogens (tertiary/aromatic N) is 2. The number of rotatable bonds is 3. The zero-order chi connectivity index (χ0) is 21.4. The first kappa shape index (κ1) is 19.9. The summed E-state index contributed by atoms with van der Waals surface area (Å²) >= 11 is 0. The molecule has 3 heterocycles. The molecule has 0 radical (unpaired) electrons. The molecule has 2 atom stereocenters. The van der Waals surface area contributed by atoms with Crippen molar-refractivity contribution in [3.63, 3.8) is 0 Å². The summed E-state index contributed by atoms with van der Waals surface area (Å²) in [5, 5.41) is 12.3. The van der Waals surface area contributed by atoms with Crippen LogP contribution in [0.15, 0.2) is 60.8 Å². The van der Waals surface area contributed by atoms with Crippen molar-refractivity contribution < 1.29 is 23.8 Å². The molecule has 2 aromatic carbocycles. The molecule has 0 aliphatic carbocycles. The van der Waals surface area contributed by atoms with Crippen LogP contribution in [0.2, 0.25) is 0 Å². The first-order valence-electron chi connectivity index (χ1n) is 10.4. The van der Waals surface area contributed by atoms with E-state index >= 15 is 0 Å². The Hall–Kier alpha value is -3.03. The highest BCUT2D eigenvalue weighted by Gasteiger charge is 2.50. The third-order valence-electron chi connectivity index (χ3n) is 6.16. The van der Waals surface area contributed by atoms with Gasteiger partial charge in [0.15, 0.2) is 0 Å². The number of carbonyl (C=O) groups is 1. The lowest BCUT2D eigenvalue weighted by Crippen LogP contribution is -2.62. The van der Waals surface area contributed by atoms with Crippen molar-refractivity contribution in [2.45, 2.75) is 37.1 Å². The largest absolute Gasteiger partial charge is 0.445 e. The smallest absolute Gasteiger partial charge is 0.410 e. The van der Waals surface area contributed by atoms with Crippen LogP contribution in [-0.4, -0.2) is 46.4 Å². The van der Waals surface area contributed by atoms with E-state index in [1.54, 1.807) is 23.2 Å². The molecule has 0 spiro atoms.